The van der Waals surface area contributed by atoms with Crippen molar-refractivity contribution in [1.29, 1.82) is 0 Å². The molecule has 0 spiro atoms. The van der Waals surface area contributed by atoms with Crippen molar-refractivity contribution in [2.24, 2.45) is 7.05 Å². The van der Waals surface area contributed by atoms with Crippen LogP contribution >= 0.6 is 0 Å². The van der Waals surface area contributed by atoms with E-state index in [1.165, 1.54) is 24.0 Å². The Morgan fingerprint density at radius 2 is 2.05 bits per heavy atom. The van der Waals surface area contributed by atoms with E-state index in [-0.39, 0.29) is 16.9 Å². The van der Waals surface area contributed by atoms with Gasteiger partial charge in [0.15, 0.2) is 0 Å². The number of benzene rings is 1. The van der Waals surface area contributed by atoms with Gasteiger partial charge in [-0.25, -0.2) is 0 Å². The summed E-state index contributed by atoms with van der Waals surface area (Å²) in [6, 6.07) is 4.53. The zero-order chi connectivity index (χ0) is 14.7. The quantitative estimate of drug-likeness (QED) is 0.447. The van der Waals surface area contributed by atoms with Gasteiger partial charge in [-0.05, 0) is 0 Å². The normalized spacial score (nSPS) is 15.7. The second-order valence-electron chi connectivity index (χ2n) is 4.69. The first-order valence-electron chi connectivity index (χ1n) is 5.84. The van der Waals surface area contributed by atoms with Crippen LogP contribution in [0.15, 0.2) is 24.4 Å². The standard InChI is InChI=1S/C12H12N4O4/c1-14-6-8-10(13-14)7-4-3-5-9(16(19)20)11(7)15(2)12(8,17)18/h3-6,17-18H,1-2H3. The number of anilines is 1. The van der Waals surface area contributed by atoms with Crippen molar-refractivity contribution < 1.29 is 15.1 Å². The first-order valence-corrected chi connectivity index (χ1v) is 5.84. The maximum absolute atomic E-state index is 11.1. The zero-order valence-electron chi connectivity index (χ0n) is 10.8. The fourth-order valence-corrected chi connectivity index (χ4v) is 2.49. The number of fused-ring (bicyclic) bond motifs is 3. The maximum atomic E-state index is 11.1. The molecular weight excluding hydrogens is 264 g/mol. The Bertz CT molecular complexity index is 722. The molecule has 8 nitrogen and oxygen atoms in total. The molecule has 1 aromatic heterocycles. The van der Waals surface area contributed by atoms with Gasteiger partial charge in [-0.1, -0.05) is 12.1 Å². The summed E-state index contributed by atoms with van der Waals surface area (Å²) >= 11 is 0. The van der Waals surface area contributed by atoms with Crippen molar-refractivity contribution in [3.05, 3.63) is 40.1 Å². The van der Waals surface area contributed by atoms with Crippen LogP contribution in [-0.4, -0.2) is 32.0 Å². The molecule has 0 radical (unpaired) electrons. The van der Waals surface area contributed by atoms with Gasteiger partial charge >= 0.3 is 0 Å². The van der Waals surface area contributed by atoms with Crippen molar-refractivity contribution in [2.45, 2.75) is 5.91 Å². The number of nitro benzene ring substituents is 1. The highest BCUT2D eigenvalue weighted by atomic mass is 16.6. The van der Waals surface area contributed by atoms with E-state index in [0.717, 1.165) is 4.90 Å². The fraction of sp³-hybridized carbons (Fsp3) is 0.250. The molecule has 8 heteroatoms. The molecule has 0 saturated carbocycles. The third-order valence-electron chi connectivity index (χ3n) is 3.46. The molecule has 2 aromatic rings. The minimum Gasteiger partial charge on any atom is -0.345 e. The van der Waals surface area contributed by atoms with E-state index < -0.39 is 10.8 Å². The number of nitro groups is 1. The van der Waals surface area contributed by atoms with E-state index in [1.807, 2.05) is 0 Å². The first kappa shape index (κ1) is 12.6. The molecule has 104 valence electrons. The lowest BCUT2D eigenvalue weighted by molar-refractivity contribution is -0.384. The van der Waals surface area contributed by atoms with Crippen molar-refractivity contribution in [1.82, 2.24) is 9.78 Å². The van der Waals surface area contributed by atoms with Crippen molar-refractivity contribution in [3.63, 3.8) is 0 Å². The summed E-state index contributed by atoms with van der Waals surface area (Å²) in [5.74, 6) is -2.34. The molecule has 0 atom stereocenters. The molecule has 3 rings (SSSR count). The van der Waals surface area contributed by atoms with Crippen LogP contribution in [0.4, 0.5) is 11.4 Å². The summed E-state index contributed by atoms with van der Waals surface area (Å²) in [6.07, 6.45) is 1.48. The Morgan fingerprint density at radius 3 is 2.70 bits per heavy atom. The highest BCUT2D eigenvalue weighted by Gasteiger charge is 2.44. The maximum Gasteiger partial charge on any atom is 0.293 e. The third kappa shape index (κ3) is 1.46. The van der Waals surface area contributed by atoms with Gasteiger partial charge in [0.25, 0.3) is 11.6 Å². The van der Waals surface area contributed by atoms with Crippen LogP contribution < -0.4 is 4.90 Å². The smallest absolute Gasteiger partial charge is 0.293 e. The lowest BCUT2D eigenvalue weighted by atomic mass is 9.96. The monoisotopic (exact) mass is 276 g/mol. The predicted molar refractivity (Wildman–Crippen MR) is 69.8 cm³/mol. The molecule has 20 heavy (non-hydrogen) atoms. The fourth-order valence-electron chi connectivity index (χ4n) is 2.49. The Balaban J connectivity index is 2.40. The van der Waals surface area contributed by atoms with Gasteiger partial charge < -0.3 is 15.1 Å². The molecule has 0 aliphatic carbocycles. The van der Waals surface area contributed by atoms with Gasteiger partial charge in [0.05, 0.1) is 10.5 Å². The van der Waals surface area contributed by atoms with E-state index in [4.69, 9.17) is 0 Å². The van der Waals surface area contributed by atoms with E-state index in [1.54, 1.807) is 19.2 Å². The molecule has 0 fully saturated rings. The molecule has 0 amide bonds. The number of aryl methyl sites for hydroxylation is 1. The number of aromatic nitrogens is 2. The lowest BCUT2D eigenvalue weighted by Crippen LogP contribution is -2.46. The van der Waals surface area contributed by atoms with Gasteiger partial charge in [-0.2, -0.15) is 5.10 Å². The van der Waals surface area contributed by atoms with E-state index in [9.17, 15) is 20.3 Å². The van der Waals surface area contributed by atoms with Crippen molar-refractivity contribution >= 4 is 11.4 Å². The summed E-state index contributed by atoms with van der Waals surface area (Å²) in [7, 11) is 3.03. The Kier molecular flexibility index (Phi) is 2.38. The second kappa shape index (κ2) is 3.78. The highest BCUT2D eigenvalue weighted by molar-refractivity contribution is 5.88. The van der Waals surface area contributed by atoms with Gasteiger partial charge in [0, 0.05) is 31.9 Å². The summed E-state index contributed by atoms with van der Waals surface area (Å²) in [5.41, 5.74) is 0.948. The van der Waals surface area contributed by atoms with Gasteiger partial charge in [0.1, 0.15) is 11.4 Å². The van der Waals surface area contributed by atoms with Crippen LogP contribution in [0.2, 0.25) is 0 Å². The van der Waals surface area contributed by atoms with E-state index in [0.29, 0.717) is 11.3 Å². The Morgan fingerprint density at radius 1 is 1.35 bits per heavy atom. The van der Waals surface area contributed by atoms with Crippen molar-refractivity contribution in [3.8, 4) is 11.3 Å². The first-order chi connectivity index (χ1) is 9.34. The summed E-state index contributed by atoms with van der Waals surface area (Å²) in [5, 5.41) is 35.8. The molecule has 1 aliphatic heterocycles. The largest absolute Gasteiger partial charge is 0.345 e. The number of rotatable bonds is 1. The highest BCUT2D eigenvalue weighted by Crippen LogP contribution is 2.47. The summed E-state index contributed by atoms with van der Waals surface area (Å²) in [6.45, 7) is 0. The summed E-state index contributed by atoms with van der Waals surface area (Å²) < 4.78 is 1.44. The molecule has 2 heterocycles. The van der Waals surface area contributed by atoms with Gasteiger partial charge in [-0.3, -0.25) is 14.8 Å². The second-order valence-corrected chi connectivity index (χ2v) is 4.69. The zero-order valence-corrected chi connectivity index (χ0v) is 10.8. The van der Waals surface area contributed by atoms with Crippen LogP contribution in [0, 0.1) is 10.1 Å². The molecule has 1 aromatic carbocycles. The molecule has 0 saturated heterocycles. The minimum atomic E-state index is -2.34. The van der Waals surface area contributed by atoms with Crippen LogP contribution in [0.25, 0.3) is 11.3 Å². The number of hydrogen-bond donors (Lipinski definition) is 2. The van der Waals surface area contributed by atoms with E-state index in [2.05, 4.69) is 5.10 Å². The summed E-state index contributed by atoms with van der Waals surface area (Å²) in [4.78, 5) is 11.7. The Hall–Kier alpha value is -2.45. The average Bonchev–Trinajstić information content (AvgIpc) is 2.78. The molecule has 2 N–H and O–H groups in total. The molecule has 0 unspecified atom stereocenters. The van der Waals surface area contributed by atoms with Gasteiger partial charge in [0.2, 0.25) is 0 Å². The molecular formula is C12H12N4O4. The van der Waals surface area contributed by atoms with E-state index >= 15 is 0 Å². The number of hydrogen-bond acceptors (Lipinski definition) is 6. The molecule has 1 aliphatic rings. The lowest BCUT2D eigenvalue weighted by Gasteiger charge is -2.37. The SMILES string of the molecule is CN1c2c(cccc2[N+](=O)[O-])-c2nn(C)cc2C1(O)O. The molecule has 0 bridgehead atoms. The predicted octanol–water partition coefficient (Wildman–Crippen LogP) is 0.540. The van der Waals surface area contributed by atoms with Crippen LogP contribution in [0.1, 0.15) is 5.56 Å². The van der Waals surface area contributed by atoms with Crippen molar-refractivity contribution in [2.75, 3.05) is 11.9 Å². The number of para-hydroxylation sites is 1. The third-order valence-corrected chi connectivity index (χ3v) is 3.46. The number of aliphatic hydroxyl groups is 2. The van der Waals surface area contributed by atoms with Crippen LogP contribution in [-0.2, 0) is 13.0 Å². The van der Waals surface area contributed by atoms with Crippen LogP contribution in [0.3, 0.4) is 0 Å². The minimum absolute atomic E-state index is 0.133. The van der Waals surface area contributed by atoms with Crippen LogP contribution in [0.5, 0.6) is 0 Å². The number of nitrogens with zero attached hydrogens (tertiary/aromatic N) is 4. The average molecular weight is 276 g/mol. The topological polar surface area (TPSA) is 105 Å². The van der Waals surface area contributed by atoms with Gasteiger partial charge in [-0.15, -0.1) is 0 Å². The Labute approximate surface area is 113 Å².